The highest BCUT2D eigenvalue weighted by atomic mass is 19.4. The van der Waals surface area contributed by atoms with Crippen molar-refractivity contribution in [2.24, 2.45) is 0 Å². The lowest BCUT2D eigenvalue weighted by atomic mass is 10.2. The number of ether oxygens (including phenoxy) is 2. The largest absolute Gasteiger partial charge is 0.573 e. The maximum absolute atomic E-state index is 12.2. The fourth-order valence-electron chi connectivity index (χ4n) is 1.34. The summed E-state index contributed by atoms with van der Waals surface area (Å²) in [4.78, 5) is 24.0. The molecule has 0 radical (unpaired) electrons. The van der Waals surface area contributed by atoms with Crippen molar-refractivity contribution in [3.8, 4) is 11.5 Å². The molecule has 0 aliphatic carbocycles. The van der Waals surface area contributed by atoms with E-state index < -0.39 is 46.6 Å². The van der Waals surface area contributed by atoms with Crippen LogP contribution in [0.1, 0.15) is 12.6 Å². The maximum Gasteiger partial charge on any atom is 0.573 e. The number of halogens is 3. The second-order valence-corrected chi connectivity index (χ2v) is 3.55. The number of nitrogens with zero attached hydrogens (tertiary/aromatic N) is 2. The number of carbonyl (C=O) groups is 1. The zero-order chi connectivity index (χ0) is 16.2. The van der Waals surface area contributed by atoms with Gasteiger partial charge in [0, 0.05) is 0 Å². The van der Waals surface area contributed by atoms with Gasteiger partial charge in [-0.2, -0.15) is 0 Å². The van der Waals surface area contributed by atoms with Gasteiger partial charge in [-0.25, -0.2) is 4.98 Å². The van der Waals surface area contributed by atoms with Crippen molar-refractivity contribution in [1.29, 1.82) is 0 Å². The number of hydrogen-bond donors (Lipinski definition) is 1. The van der Waals surface area contributed by atoms with Crippen LogP contribution in [0.15, 0.2) is 6.20 Å². The van der Waals surface area contributed by atoms with E-state index in [9.17, 15) is 33.2 Å². The summed E-state index contributed by atoms with van der Waals surface area (Å²) >= 11 is 0. The van der Waals surface area contributed by atoms with E-state index in [-0.39, 0.29) is 6.61 Å². The van der Waals surface area contributed by atoms with Gasteiger partial charge in [-0.15, -0.1) is 13.2 Å². The first-order valence-corrected chi connectivity index (χ1v) is 5.42. The van der Waals surface area contributed by atoms with Crippen LogP contribution in [0, 0.1) is 10.1 Å². The Hall–Kier alpha value is -2.59. The highest BCUT2D eigenvalue weighted by Gasteiger charge is 2.37. The molecule has 0 unspecified atom stereocenters. The van der Waals surface area contributed by atoms with Gasteiger partial charge in [-0.05, 0) is 6.92 Å². The van der Waals surface area contributed by atoms with Crippen LogP contribution in [0.25, 0.3) is 0 Å². The molecule has 1 N–H and O–H groups in total. The Morgan fingerprint density at radius 1 is 1.52 bits per heavy atom. The quantitative estimate of drug-likeness (QED) is 0.500. The van der Waals surface area contributed by atoms with Gasteiger partial charge in [0.25, 0.3) is 5.75 Å². The van der Waals surface area contributed by atoms with Gasteiger partial charge >= 0.3 is 18.0 Å². The molecule has 1 rings (SSSR count). The Bertz CT molecular complexity index is 560. The second-order valence-electron chi connectivity index (χ2n) is 3.55. The smallest absolute Gasteiger partial charge is 0.503 e. The summed E-state index contributed by atoms with van der Waals surface area (Å²) in [5.41, 5.74) is -1.71. The number of esters is 1. The molecule has 0 fully saturated rings. The van der Waals surface area contributed by atoms with E-state index in [4.69, 9.17) is 0 Å². The van der Waals surface area contributed by atoms with Crippen molar-refractivity contribution in [3.63, 3.8) is 0 Å². The summed E-state index contributed by atoms with van der Waals surface area (Å²) in [6.07, 6.45) is -5.47. The lowest BCUT2D eigenvalue weighted by Crippen LogP contribution is -2.19. The van der Waals surface area contributed by atoms with Crippen LogP contribution in [-0.2, 0) is 16.0 Å². The maximum atomic E-state index is 12.2. The summed E-state index contributed by atoms with van der Waals surface area (Å²) in [5.74, 6) is -3.54. The number of hydrogen-bond acceptors (Lipinski definition) is 7. The topological polar surface area (TPSA) is 112 Å². The first-order valence-electron chi connectivity index (χ1n) is 5.42. The van der Waals surface area contributed by atoms with Crippen LogP contribution in [0.2, 0.25) is 0 Å². The van der Waals surface area contributed by atoms with Crippen LogP contribution >= 0.6 is 0 Å². The highest BCUT2D eigenvalue weighted by molar-refractivity contribution is 5.74. The summed E-state index contributed by atoms with van der Waals surface area (Å²) in [6, 6.07) is 0. The fourth-order valence-corrected chi connectivity index (χ4v) is 1.34. The predicted molar refractivity (Wildman–Crippen MR) is 59.6 cm³/mol. The van der Waals surface area contributed by atoms with E-state index in [0.717, 1.165) is 0 Å². The molecule has 1 aromatic heterocycles. The Balaban J connectivity index is 3.23. The number of aromatic hydroxyl groups is 1. The Morgan fingerprint density at radius 2 is 2.14 bits per heavy atom. The summed E-state index contributed by atoms with van der Waals surface area (Å²) in [6.45, 7) is 1.51. The third-order valence-electron chi connectivity index (χ3n) is 2.10. The summed E-state index contributed by atoms with van der Waals surface area (Å²) in [7, 11) is 0. The first kappa shape index (κ1) is 16.5. The van der Waals surface area contributed by atoms with Crippen molar-refractivity contribution in [3.05, 3.63) is 22.0 Å². The average molecular weight is 310 g/mol. The van der Waals surface area contributed by atoms with Crippen LogP contribution in [0.5, 0.6) is 11.5 Å². The molecule has 0 aliphatic rings. The standard InChI is InChI=1S/C10H9F3N2O6/c1-2-20-7(16)3-5-8(17)9(21-10(11,12)13)6(4-14-5)15(18)19/h4,17H,2-3H2,1H3. The van der Waals surface area contributed by atoms with E-state index in [1.54, 1.807) is 0 Å². The van der Waals surface area contributed by atoms with Gasteiger partial charge in [0.05, 0.1) is 23.6 Å². The van der Waals surface area contributed by atoms with Gasteiger partial charge < -0.3 is 14.6 Å². The van der Waals surface area contributed by atoms with E-state index in [2.05, 4.69) is 14.5 Å². The Labute approximate surface area is 115 Å². The van der Waals surface area contributed by atoms with Crippen molar-refractivity contribution in [2.75, 3.05) is 6.61 Å². The van der Waals surface area contributed by atoms with Gasteiger partial charge in [-0.1, -0.05) is 0 Å². The van der Waals surface area contributed by atoms with Crippen molar-refractivity contribution < 1.29 is 37.5 Å². The van der Waals surface area contributed by atoms with E-state index in [1.165, 1.54) is 6.92 Å². The molecule has 0 spiro atoms. The number of rotatable bonds is 5. The number of carbonyl (C=O) groups excluding carboxylic acids is 1. The SMILES string of the molecule is CCOC(=O)Cc1ncc([N+](=O)[O-])c(OC(F)(F)F)c1O. The van der Waals surface area contributed by atoms with E-state index in [1.807, 2.05) is 0 Å². The Kier molecular flexibility index (Phi) is 4.89. The second kappa shape index (κ2) is 6.24. The number of pyridine rings is 1. The molecule has 0 atom stereocenters. The molecule has 11 heteroatoms. The van der Waals surface area contributed by atoms with Gasteiger partial charge in [0.2, 0.25) is 0 Å². The molecule has 0 aromatic carbocycles. The van der Waals surface area contributed by atoms with Crippen LogP contribution in [0.4, 0.5) is 18.9 Å². The molecule has 21 heavy (non-hydrogen) atoms. The fraction of sp³-hybridized carbons (Fsp3) is 0.400. The summed E-state index contributed by atoms with van der Waals surface area (Å²) < 4.78 is 44.6. The number of alkyl halides is 3. The number of nitro groups is 1. The molecule has 116 valence electrons. The van der Waals surface area contributed by atoms with Gasteiger partial charge in [0.15, 0.2) is 5.75 Å². The van der Waals surface area contributed by atoms with Gasteiger partial charge in [0.1, 0.15) is 6.20 Å². The zero-order valence-corrected chi connectivity index (χ0v) is 10.5. The summed E-state index contributed by atoms with van der Waals surface area (Å²) in [5, 5.41) is 20.2. The first-order chi connectivity index (χ1) is 9.65. The third kappa shape index (κ3) is 4.47. The molecular weight excluding hydrogens is 301 g/mol. The molecular formula is C10H9F3N2O6. The van der Waals surface area contributed by atoms with Crippen LogP contribution in [0.3, 0.4) is 0 Å². The molecule has 8 nitrogen and oxygen atoms in total. The molecule has 0 saturated heterocycles. The lowest BCUT2D eigenvalue weighted by molar-refractivity contribution is -0.389. The van der Waals surface area contributed by atoms with Crippen LogP contribution in [-0.4, -0.2) is 34.0 Å². The van der Waals surface area contributed by atoms with E-state index in [0.29, 0.717) is 6.20 Å². The molecule has 1 heterocycles. The minimum Gasteiger partial charge on any atom is -0.503 e. The number of aromatic nitrogens is 1. The third-order valence-corrected chi connectivity index (χ3v) is 2.10. The van der Waals surface area contributed by atoms with Crippen molar-refractivity contribution in [2.45, 2.75) is 19.7 Å². The molecule has 0 aliphatic heterocycles. The minimum atomic E-state index is -5.26. The van der Waals surface area contributed by atoms with Crippen molar-refractivity contribution in [1.82, 2.24) is 4.98 Å². The highest BCUT2D eigenvalue weighted by Crippen LogP contribution is 2.40. The lowest BCUT2D eigenvalue weighted by Gasteiger charge is -2.12. The normalized spacial score (nSPS) is 11.0. The Morgan fingerprint density at radius 3 is 2.62 bits per heavy atom. The predicted octanol–water partition coefficient (Wildman–Crippen LogP) is 1.70. The van der Waals surface area contributed by atoms with Crippen LogP contribution < -0.4 is 4.74 Å². The van der Waals surface area contributed by atoms with Crippen molar-refractivity contribution >= 4 is 11.7 Å². The van der Waals surface area contributed by atoms with Gasteiger partial charge in [-0.3, -0.25) is 14.9 Å². The molecule has 1 aromatic rings. The molecule has 0 amide bonds. The van der Waals surface area contributed by atoms with E-state index >= 15 is 0 Å². The molecule has 0 saturated carbocycles. The monoisotopic (exact) mass is 310 g/mol. The average Bonchev–Trinajstić information content (AvgIpc) is 2.32. The zero-order valence-electron chi connectivity index (χ0n) is 10.5. The molecule has 0 bridgehead atoms. The minimum absolute atomic E-state index is 0.0124.